The van der Waals surface area contributed by atoms with E-state index in [1.807, 2.05) is 17.9 Å². The van der Waals surface area contributed by atoms with E-state index in [-0.39, 0.29) is 18.0 Å². The van der Waals surface area contributed by atoms with Crippen molar-refractivity contribution in [3.05, 3.63) is 12.7 Å². The highest BCUT2D eigenvalue weighted by molar-refractivity contribution is 5.84. The van der Waals surface area contributed by atoms with Crippen molar-refractivity contribution >= 4 is 5.91 Å². The Morgan fingerprint density at radius 2 is 2.50 bits per heavy atom. The van der Waals surface area contributed by atoms with Crippen LogP contribution in [0.2, 0.25) is 0 Å². The molecule has 0 aromatic rings. The number of hydrogen-bond acceptors (Lipinski definition) is 2. The van der Waals surface area contributed by atoms with Crippen LogP contribution in [0.25, 0.3) is 0 Å². The molecule has 1 heterocycles. The van der Waals surface area contributed by atoms with Gasteiger partial charge in [0.2, 0.25) is 5.91 Å². The standard InChI is InChI=1S/C11H20N2O/c1-4-7-12-10-6-8-13(11(10)14)9(3)5-2/h5,9-10,12H,2,4,6-8H2,1,3H3. The lowest BCUT2D eigenvalue weighted by Gasteiger charge is -2.21. The van der Waals surface area contributed by atoms with Crippen molar-refractivity contribution in [3.63, 3.8) is 0 Å². The van der Waals surface area contributed by atoms with Gasteiger partial charge in [-0.15, -0.1) is 6.58 Å². The average molecular weight is 196 g/mol. The summed E-state index contributed by atoms with van der Waals surface area (Å²) in [4.78, 5) is 13.7. The molecule has 0 bridgehead atoms. The van der Waals surface area contributed by atoms with Gasteiger partial charge in [-0.2, -0.15) is 0 Å². The number of nitrogens with zero attached hydrogens (tertiary/aromatic N) is 1. The third-order valence-corrected chi connectivity index (χ3v) is 2.71. The Balaban J connectivity index is 2.46. The number of nitrogens with one attached hydrogen (secondary N) is 1. The molecule has 0 spiro atoms. The number of rotatable bonds is 5. The molecular formula is C11H20N2O. The second kappa shape index (κ2) is 5.15. The molecule has 1 amide bonds. The molecule has 3 nitrogen and oxygen atoms in total. The fraction of sp³-hybridized carbons (Fsp3) is 0.727. The Labute approximate surface area is 86.2 Å². The minimum Gasteiger partial charge on any atom is -0.335 e. The molecule has 2 unspecified atom stereocenters. The molecule has 1 fully saturated rings. The zero-order valence-corrected chi connectivity index (χ0v) is 9.12. The van der Waals surface area contributed by atoms with E-state index < -0.39 is 0 Å². The molecule has 1 rings (SSSR count). The van der Waals surface area contributed by atoms with Crippen LogP contribution in [0, 0.1) is 0 Å². The van der Waals surface area contributed by atoms with Gasteiger partial charge in [0.25, 0.3) is 0 Å². The van der Waals surface area contributed by atoms with E-state index in [1.54, 1.807) is 0 Å². The summed E-state index contributed by atoms with van der Waals surface area (Å²) in [6, 6.07) is 0.202. The summed E-state index contributed by atoms with van der Waals surface area (Å²) >= 11 is 0. The lowest BCUT2D eigenvalue weighted by atomic mass is 10.2. The van der Waals surface area contributed by atoms with Crippen molar-refractivity contribution < 1.29 is 4.79 Å². The molecule has 0 saturated carbocycles. The molecule has 2 atom stereocenters. The number of amides is 1. The van der Waals surface area contributed by atoms with Crippen LogP contribution in [0.3, 0.4) is 0 Å². The van der Waals surface area contributed by atoms with E-state index in [4.69, 9.17) is 0 Å². The normalized spacial score (nSPS) is 24.0. The monoisotopic (exact) mass is 196 g/mol. The molecule has 0 radical (unpaired) electrons. The smallest absolute Gasteiger partial charge is 0.240 e. The summed E-state index contributed by atoms with van der Waals surface area (Å²) in [5, 5.41) is 3.26. The van der Waals surface area contributed by atoms with E-state index in [1.165, 1.54) is 0 Å². The van der Waals surface area contributed by atoms with Gasteiger partial charge in [0, 0.05) is 12.6 Å². The fourth-order valence-electron chi connectivity index (χ4n) is 1.74. The van der Waals surface area contributed by atoms with Gasteiger partial charge >= 0.3 is 0 Å². The topological polar surface area (TPSA) is 32.3 Å². The molecule has 1 saturated heterocycles. The molecule has 3 heteroatoms. The molecule has 1 aliphatic rings. The van der Waals surface area contributed by atoms with Gasteiger partial charge in [0.1, 0.15) is 0 Å². The molecular weight excluding hydrogens is 176 g/mol. The van der Waals surface area contributed by atoms with Gasteiger partial charge in [-0.3, -0.25) is 4.79 Å². The van der Waals surface area contributed by atoms with Crippen molar-refractivity contribution in [2.75, 3.05) is 13.1 Å². The molecule has 0 aromatic carbocycles. The predicted octanol–water partition coefficient (Wildman–Crippen LogP) is 1.16. The van der Waals surface area contributed by atoms with E-state index in [2.05, 4.69) is 18.8 Å². The lowest BCUT2D eigenvalue weighted by molar-refractivity contribution is -0.130. The maximum absolute atomic E-state index is 11.8. The number of likely N-dealkylation sites (tertiary alicyclic amines) is 1. The quantitative estimate of drug-likeness (QED) is 0.669. The number of hydrogen-bond donors (Lipinski definition) is 1. The lowest BCUT2D eigenvalue weighted by Crippen LogP contribution is -2.41. The summed E-state index contributed by atoms with van der Waals surface area (Å²) < 4.78 is 0. The van der Waals surface area contributed by atoms with E-state index >= 15 is 0 Å². The third-order valence-electron chi connectivity index (χ3n) is 2.71. The van der Waals surface area contributed by atoms with Gasteiger partial charge < -0.3 is 10.2 Å². The Morgan fingerprint density at radius 3 is 3.07 bits per heavy atom. The van der Waals surface area contributed by atoms with E-state index in [9.17, 15) is 4.79 Å². The zero-order chi connectivity index (χ0) is 10.6. The molecule has 1 aliphatic heterocycles. The predicted molar refractivity (Wildman–Crippen MR) is 58.1 cm³/mol. The van der Waals surface area contributed by atoms with Gasteiger partial charge in [-0.1, -0.05) is 13.0 Å². The highest BCUT2D eigenvalue weighted by atomic mass is 16.2. The Kier molecular flexibility index (Phi) is 4.14. The van der Waals surface area contributed by atoms with Crippen molar-refractivity contribution in [1.82, 2.24) is 10.2 Å². The highest BCUT2D eigenvalue weighted by Crippen LogP contribution is 2.14. The minimum atomic E-state index is 0.0392. The largest absolute Gasteiger partial charge is 0.335 e. The number of carbonyl (C=O) groups excluding carboxylic acids is 1. The number of carbonyl (C=O) groups is 1. The SMILES string of the molecule is C=CC(C)N1CCC(NCCC)C1=O. The summed E-state index contributed by atoms with van der Waals surface area (Å²) in [5.74, 6) is 0.228. The summed E-state index contributed by atoms with van der Waals surface area (Å²) in [7, 11) is 0. The second-order valence-electron chi connectivity index (χ2n) is 3.80. The molecule has 80 valence electrons. The minimum absolute atomic E-state index is 0.0392. The van der Waals surface area contributed by atoms with Gasteiger partial charge in [-0.25, -0.2) is 0 Å². The first-order valence-corrected chi connectivity index (χ1v) is 5.37. The highest BCUT2D eigenvalue weighted by Gasteiger charge is 2.32. The van der Waals surface area contributed by atoms with Crippen LogP contribution in [-0.2, 0) is 4.79 Å². The van der Waals surface area contributed by atoms with Gasteiger partial charge in [-0.05, 0) is 26.3 Å². The molecule has 14 heavy (non-hydrogen) atoms. The molecule has 0 aromatic heterocycles. The van der Waals surface area contributed by atoms with Crippen LogP contribution in [0.5, 0.6) is 0 Å². The van der Waals surface area contributed by atoms with Gasteiger partial charge in [0.05, 0.1) is 6.04 Å². The van der Waals surface area contributed by atoms with Crippen molar-refractivity contribution in [3.8, 4) is 0 Å². The van der Waals surface area contributed by atoms with E-state index in [0.717, 1.165) is 25.9 Å². The van der Waals surface area contributed by atoms with Crippen LogP contribution >= 0.6 is 0 Å². The second-order valence-corrected chi connectivity index (χ2v) is 3.80. The fourth-order valence-corrected chi connectivity index (χ4v) is 1.74. The van der Waals surface area contributed by atoms with Crippen molar-refractivity contribution in [2.45, 2.75) is 38.8 Å². The Morgan fingerprint density at radius 1 is 1.79 bits per heavy atom. The van der Waals surface area contributed by atoms with Crippen molar-refractivity contribution in [1.29, 1.82) is 0 Å². The summed E-state index contributed by atoms with van der Waals surface area (Å²) in [6.45, 7) is 9.61. The summed E-state index contributed by atoms with van der Waals surface area (Å²) in [6.07, 6.45) is 3.82. The first-order valence-electron chi connectivity index (χ1n) is 5.37. The zero-order valence-electron chi connectivity index (χ0n) is 9.12. The van der Waals surface area contributed by atoms with Crippen LogP contribution in [0.4, 0.5) is 0 Å². The Hall–Kier alpha value is -0.830. The first kappa shape index (κ1) is 11.2. The maximum Gasteiger partial charge on any atom is 0.240 e. The Bertz CT molecular complexity index is 215. The first-order chi connectivity index (χ1) is 6.70. The van der Waals surface area contributed by atoms with E-state index in [0.29, 0.717) is 0 Å². The average Bonchev–Trinajstić information content (AvgIpc) is 2.56. The van der Waals surface area contributed by atoms with Crippen LogP contribution in [-0.4, -0.2) is 36.0 Å². The third kappa shape index (κ3) is 2.35. The van der Waals surface area contributed by atoms with Crippen LogP contribution < -0.4 is 5.32 Å². The molecule has 0 aliphatic carbocycles. The maximum atomic E-state index is 11.8. The summed E-state index contributed by atoms with van der Waals surface area (Å²) in [5.41, 5.74) is 0. The van der Waals surface area contributed by atoms with Crippen molar-refractivity contribution in [2.24, 2.45) is 0 Å². The van der Waals surface area contributed by atoms with Crippen LogP contribution in [0.1, 0.15) is 26.7 Å². The van der Waals surface area contributed by atoms with Gasteiger partial charge in [0.15, 0.2) is 0 Å². The molecule has 1 N–H and O–H groups in total. The van der Waals surface area contributed by atoms with Crippen LogP contribution in [0.15, 0.2) is 12.7 Å².